The molecule has 1 aliphatic carbocycles. The van der Waals surface area contributed by atoms with E-state index in [-0.39, 0.29) is 5.56 Å². The number of aromatic nitrogens is 2. The molecule has 1 aromatic carbocycles. The van der Waals surface area contributed by atoms with Crippen LogP contribution in [0.3, 0.4) is 0 Å². The molecule has 2 aromatic rings. The molecule has 0 unspecified atom stereocenters. The van der Waals surface area contributed by atoms with Crippen molar-refractivity contribution in [2.45, 2.75) is 38.1 Å². The van der Waals surface area contributed by atoms with Crippen LogP contribution in [-0.2, 0) is 0 Å². The largest absolute Gasteiger partial charge is 0.353 e. The monoisotopic (exact) mass is 243 g/mol. The van der Waals surface area contributed by atoms with Crippen molar-refractivity contribution in [2.24, 2.45) is 0 Å². The zero-order valence-corrected chi connectivity index (χ0v) is 10.3. The molecule has 1 saturated carbocycles. The normalized spacial score (nSPS) is 16.9. The fourth-order valence-electron chi connectivity index (χ4n) is 2.60. The van der Waals surface area contributed by atoms with E-state index in [1.807, 2.05) is 18.2 Å². The van der Waals surface area contributed by atoms with Gasteiger partial charge in [-0.1, -0.05) is 31.4 Å². The summed E-state index contributed by atoms with van der Waals surface area (Å²) in [5.74, 6) is 0.602. The molecule has 0 spiro atoms. The Kier molecular flexibility index (Phi) is 3.00. The molecule has 0 bridgehead atoms. The van der Waals surface area contributed by atoms with Gasteiger partial charge in [-0.05, 0) is 25.0 Å². The lowest BCUT2D eigenvalue weighted by Gasteiger charge is -2.22. The second-order valence-corrected chi connectivity index (χ2v) is 4.91. The molecule has 0 amide bonds. The molecule has 1 aromatic heterocycles. The first kappa shape index (κ1) is 11.3. The number of hydrogen-bond donors (Lipinski definition) is 2. The SMILES string of the molecule is O=c1[nH]c(NC2CCCCC2)nc2ccccc12. The van der Waals surface area contributed by atoms with Gasteiger partial charge in [0.25, 0.3) is 5.56 Å². The van der Waals surface area contributed by atoms with E-state index in [0.717, 1.165) is 18.4 Å². The molecule has 1 heterocycles. The number of aromatic amines is 1. The van der Waals surface area contributed by atoms with Gasteiger partial charge in [-0.15, -0.1) is 0 Å². The summed E-state index contributed by atoms with van der Waals surface area (Å²) in [5, 5.41) is 3.99. The van der Waals surface area contributed by atoms with Crippen LogP contribution in [0, 0.1) is 0 Å². The number of anilines is 1. The van der Waals surface area contributed by atoms with E-state index in [1.165, 1.54) is 19.3 Å². The number of fused-ring (bicyclic) bond motifs is 1. The van der Waals surface area contributed by atoms with E-state index in [4.69, 9.17) is 0 Å². The molecular formula is C14H17N3O. The number of benzene rings is 1. The maximum atomic E-state index is 11.9. The molecule has 0 atom stereocenters. The Morgan fingerprint density at radius 1 is 1.17 bits per heavy atom. The summed E-state index contributed by atoms with van der Waals surface area (Å²) in [7, 11) is 0. The van der Waals surface area contributed by atoms with Gasteiger partial charge in [-0.2, -0.15) is 0 Å². The van der Waals surface area contributed by atoms with Crippen LogP contribution in [0.1, 0.15) is 32.1 Å². The Labute approximate surface area is 105 Å². The molecule has 0 radical (unpaired) electrons. The molecule has 18 heavy (non-hydrogen) atoms. The average molecular weight is 243 g/mol. The van der Waals surface area contributed by atoms with Gasteiger partial charge in [0, 0.05) is 6.04 Å². The number of para-hydroxylation sites is 1. The summed E-state index contributed by atoms with van der Waals surface area (Å²) >= 11 is 0. The minimum absolute atomic E-state index is 0.0705. The van der Waals surface area contributed by atoms with Crippen molar-refractivity contribution < 1.29 is 0 Å². The maximum absolute atomic E-state index is 11.9. The zero-order valence-electron chi connectivity index (χ0n) is 10.3. The third-order valence-corrected chi connectivity index (χ3v) is 3.56. The van der Waals surface area contributed by atoms with Gasteiger partial charge >= 0.3 is 0 Å². The standard InChI is InChI=1S/C14H17N3O/c18-13-11-8-4-5-9-12(11)16-14(17-13)15-10-6-2-1-3-7-10/h4-5,8-10H,1-3,6-7H2,(H2,15,16,17,18). The van der Waals surface area contributed by atoms with E-state index < -0.39 is 0 Å². The first-order chi connectivity index (χ1) is 8.83. The number of hydrogen-bond acceptors (Lipinski definition) is 3. The van der Waals surface area contributed by atoms with E-state index in [1.54, 1.807) is 6.07 Å². The molecule has 0 saturated heterocycles. The number of rotatable bonds is 2. The summed E-state index contributed by atoms with van der Waals surface area (Å²) < 4.78 is 0. The van der Waals surface area contributed by atoms with Crippen molar-refractivity contribution in [2.75, 3.05) is 5.32 Å². The summed E-state index contributed by atoms with van der Waals surface area (Å²) in [6, 6.07) is 7.87. The Balaban J connectivity index is 1.90. The van der Waals surface area contributed by atoms with Crippen molar-refractivity contribution in [1.82, 2.24) is 9.97 Å². The van der Waals surface area contributed by atoms with E-state index in [0.29, 0.717) is 17.4 Å². The fourth-order valence-corrected chi connectivity index (χ4v) is 2.60. The predicted octanol–water partition coefficient (Wildman–Crippen LogP) is 2.67. The highest BCUT2D eigenvalue weighted by Crippen LogP contribution is 2.20. The van der Waals surface area contributed by atoms with Crippen LogP contribution in [-0.4, -0.2) is 16.0 Å². The first-order valence-corrected chi connectivity index (χ1v) is 6.58. The van der Waals surface area contributed by atoms with Crippen molar-refractivity contribution in [3.63, 3.8) is 0 Å². The number of nitrogens with one attached hydrogen (secondary N) is 2. The lowest BCUT2D eigenvalue weighted by Crippen LogP contribution is -2.25. The van der Waals surface area contributed by atoms with Crippen LogP contribution in [0.15, 0.2) is 29.1 Å². The summed E-state index contributed by atoms with van der Waals surface area (Å²) in [6.45, 7) is 0. The summed E-state index contributed by atoms with van der Waals surface area (Å²) in [5.41, 5.74) is 0.679. The van der Waals surface area contributed by atoms with Crippen LogP contribution >= 0.6 is 0 Å². The van der Waals surface area contributed by atoms with Gasteiger partial charge in [-0.3, -0.25) is 9.78 Å². The molecule has 0 aliphatic heterocycles. The van der Waals surface area contributed by atoms with Crippen LogP contribution in [0.2, 0.25) is 0 Å². The predicted molar refractivity (Wildman–Crippen MR) is 72.9 cm³/mol. The molecule has 3 rings (SSSR count). The molecule has 4 heteroatoms. The third kappa shape index (κ3) is 2.23. The average Bonchev–Trinajstić information content (AvgIpc) is 2.40. The minimum atomic E-state index is -0.0705. The van der Waals surface area contributed by atoms with Crippen LogP contribution in [0.25, 0.3) is 10.9 Å². The minimum Gasteiger partial charge on any atom is -0.353 e. The van der Waals surface area contributed by atoms with Gasteiger partial charge in [0.1, 0.15) is 0 Å². The molecule has 94 valence electrons. The van der Waals surface area contributed by atoms with Crippen molar-refractivity contribution >= 4 is 16.9 Å². The zero-order chi connectivity index (χ0) is 12.4. The van der Waals surface area contributed by atoms with Crippen LogP contribution in [0.4, 0.5) is 5.95 Å². The van der Waals surface area contributed by atoms with Gasteiger partial charge in [0.15, 0.2) is 0 Å². The first-order valence-electron chi connectivity index (χ1n) is 6.58. The lowest BCUT2D eigenvalue weighted by molar-refractivity contribution is 0.461. The Morgan fingerprint density at radius 2 is 1.94 bits per heavy atom. The maximum Gasteiger partial charge on any atom is 0.260 e. The Hall–Kier alpha value is -1.84. The van der Waals surface area contributed by atoms with E-state index in [9.17, 15) is 4.79 Å². The van der Waals surface area contributed by atoms with Crippen molar-refractivity contribution in [3.05, 3.63) is 34.6 Å². The van der Waals surface area contributed by atoms with Gasteiger partial charge < -0.3 is 5.32 Å². The third-order valence-electron chi connectivity index (χ3n) is 3.56. The molecule has 1 aliphatic rings. The molecule has 2 N–H and O–H groups in total. The molecular weight excluding hydrogens is 226 g/mol. The second kappa shape index (κ2) is 4.80. The molecule has 4 nitrogen and oxygen atoms in total. The topological polar surface area (TPSA) is 57.8 Å². The Bertz CT molecular complexity index is 599. The smallest absolute Gasteiger partial charge is 0.260 e. The van der Waals surface area contributed by atoms with Crippen molar-refractivity contribution in [1.29, 1.82) is 0 Å². The number of H-pyrrole nitrogens is 1. The van der Waals surface area contributed by atoms with Gasteiger partial charge in [-0.25, -0.2) is 4.98 Å². The van der Waals surface area contributed by atoms with Crippen molar-refractivity contribution in [3.8, 4) is 0 Å². The Morgan fingerprint density at radius 3 is 2.78 bits per heavy atom. The van der Waals surface area contributed by atoms with Gasteiger partial charge in [0.05, 0.1) is 10.9 Å². The molecule has 1 fully saturated rings. The van der Waals surface area contributed by atoms with Crippen LogP contribution < -0.4 is 10.9 Å². The quantitative estimate of drug-likeness (QED) is 0.852. The second-order valence-electron chi connectivity index (χ2n) is 4.91. The lowest BCUT2D eigenvalue weighted by atomic mass is 9.96. The fraction of sp³-hybridized carbons (Fsp3) is 0.429. The highest BCUT2D eigenvalue weighted by Gasteiger charge is 2.14. The van der Waals surface area contributed by atoms with Gasteiger partial charge in [0.2, 0.25) is 5.95 Å². The van der Waals surface area contributed by atoms with E-state index in [2.05, 4.69) is 15.3 Å². The summed E-state index contributed by atoms with van der Waals surface area (Å²) in [6.07, 6.45) is 6.16. The van der Waals surface area contributed by atoms with E-state index >= 15 is 0 Å². The number of nitrogens with zero attached hydrogens (tertiary/aromatic N) is 1. The van der Waals surface area contributed by atoms with Crippen LogP contribution in [0.5, 0.6) is 0 Å². The summed E-state index contributed by atoms with van der Waals surface area (Å²) in [4.78, 5) is 19.2. The highest BCUT2D eigenvalue weighted by molar-refractivity contribution is 5.78. The highest BCUT2D eigenvalue weighted by atomic mass is 16.1.